The van der Waals surface area contributed by atoms with Gasteiger partial charge in [-0.3, -0.25) is 13.9 Å². The van der Waals surface area contributed by atoms with Crippen molar-refractivity contribution in [1.29, 1.82) is 0 Å². The molecule has 214 valence electrons. The summed E-state index contributed by atoms with van der Waals surface area (Å²) in [5, 5.41) is 3.44. The first-order valence-electron chi connectivity index (χ1n) is 12.8. The monoisotopic (exact) mass is 647 g/mol. The molecule has 0 saturated carbocycles. The molecule has 1 unspecified atom stereocenters. The minimum atomic E-state index is -3.85. The molecule has 2 amide bonds. The van der Waals surface area contributed by atoms with Crippen LogP contribution in [0.2, 0.25) is 5.02 Å². The highest BCUT2D eigenvalue weighted by molar-refractivity contribution is 9.10. The molecule has 3 rings (SSSR count). The van der Waals surface area contributed by atoms with Crippen molar-refractivity contribution in [2.75, 3.05) is 17.1 Å². The van der Waals surface area contributed by atoms with Crippen LogP contribution >= 0.6 is 27.5 Å². The van der Waals surface area contributed by atoms with Crippen molar-refractivity contribution in [3.8, 4) is 0 Å². The summed E-state index contributed by atoms with van der Waals surface area (Å²) in [5.74, 6) is -0.877. The molecule has 0 aliphatic rings. The first kappa shape index (κ1) is 31.6. The average molecular weight is 649 g/mol. The minimum Gasteiger partial charge on any atom is -0.350 e. The van der Waals surface area contributed by atoms with E-state index in [2.05, 4.69) is 21.2 Å². The van der Waals surface area contributed by atoms with Crippen molar-refractivity contribution >= 4 is 55.1 Å². The van der Waals surface area contributed by atoms with E-state index in [-0.39, 0.29) is 18.9 Å². The highest BCUT2D eigenvalue weighted by Crippen LogP contribution is 2.26. The number of aryl methyl sites for hydroxylation is 1. The van der Waals surface area contributed by atoms with Gasteiger partial charge in [0.25, 0.3) is 0 Å². The summed E-state index contributed by atoms with van der Waals surface area (Å²) >= 11 is 9.92. The molecule has 7 nitrogen and oxygen atoms in total. The Morgan fingerprint density at radius 1 is 1.00 bits per heavy atom. The number of hydrogen-bond acceptors (Lipinski definition) is 4. The summed E-state index contributed by atoms with van der Waals surface area (Å²) in [7, 11) is -3.85. The predicted octanol–water partition coefficient (Wildman–Crippen LogP) is 5.73. The number of rotatable bonds is 10. The van der Waals surface area contributed by atoms with E-state index in [0.717, 1.165) is 26.2 Å². The van der Waals surface area contributed by atoms with Crippen molar-refractivity contribution in [2.45, 2.75) is 52.2 Å². The molecular weight excluding hydrogens is 614 g/mol. The fraction of sp³-hybridized carbons (Fsp3) is 0.333. The summed E-state index contributed by atoms with van der Waals surface area (Å²) in [6, 6.07) is 20.6. The van der Waals surface area contributed by atoms with E-state index in [1.165, 1.54) is 4.90 Å². The van der Waals surface area contributed by atoms with Crippen LogP contribution in [0.4, 0.5) is 5.69 Å². The number of benzene rings is 3. The Labute approximate surface area is 250 Å². The Hall–Kier alpha value is -2.88. The third-order valence-corrected chi connectivity index (χ3v) is 8.58. The van der Waals surface area contributed by atoms with Gasteiger partial charge in [0.15, 0.2) is 0 Å². The van der Waals surface area contributed by atoms with Gasteiger partial charge >= 0.3 is 0 Å². The lowest BCUT2D eigenvalue weighted by molar-refractivity contribution is -0.140. The summed E-state index contributed by atoms with van der Waals surface area (Å²) in [6.45, 7) is 6.97. The van der Waals surface area contributed by atoms with Gasteiger partial charge in [-0.05, 0) is 68.7 Å². The zero-order valence-electron chi connectivity index (χ0n) is 23.3. The smallest absolute Gasteiger partial charge is 0.244 e. The number of halogens is 2. The van der Waals surface area contributed by atoms with Crippen LogP contribution in [-0.4, -0.2) is 49.5 Å². The Morgan fingerprint density at radius 2 is 1.62 bits per heavy atom. The van der Waals surface area contributed by atoms with E-state index in [1.54, 1.807) is 42.5 Å². The van der Waals surface area contributed by atoms with Gasteiger partial charge in [0, 0.05) is 28.0 Å². The maximum absolute atomic E-state index is 14.1. The zero-order valence-corrected chi connectivity index (χ0v) is 26.5. The third kappa shape index (κ3) is 8.81. The van der Waals surface area contributed by atoms with Crippen LogP contribution in [-0.2, 0) is 32.6 Å². The molecule has 0 aliphatic carbocycles. The second kappa shape index (κ2) is 13.2. The van der Waals surface area contributed by atoms with Gasteiger partial charge in [-0.1, -0.05) is 76.1 Å². The van der Waals surface area contributed by atoms with Crippen molar-refractivity contribution in [3.63, 3.8) is 0 Å². The van der Waals surface area contributed by atoms with Crippen molar-refractivity contribution in [3.05, 3.63) is 99.0 Å². The Kier molecular flexibility index (Phi) is 10.4. The van der Waals surface area contributed by atoms with E-state index in [1.807, 2.05) is 58.0 Å². The summed E-state index contributed by atoms with van der Waals surface area (Å²) in [6.07, 6.45) is 1.29. The maximum Gasteiger partial charge on any atom is 0.244 e. The van der Waals surface area contributed by atoms with Crippen LogP contribution in [0.5, 0.6) is 0 Å². The number of nitrogens with zero attached hydrogens (tertiary/aromatic N) is 2. The number of hydrogen-bond donors (Lipinski definition) is 1. The molecule has 0 aliphatic heterocycles. The molecule has 1 atom stereocenters. The lowest BCUT2D eigenvalue weighted by Crippen LogP contribution is -2.56. The van der Waals surface area contributed by atoms with Crippen LogP contribution in [0.15, 0.2) is 77.3 Å². The molecule has 3 aromatic rings. The second-order valence-electron chi connectivity index (χ2n) is 10.8. The van der Waals surface area contributed by atoms with Gasteiger partial charge in [0.2, 0.25) is 21.8 Å². The van der Waals surface area contributed by atoms with Crippen molar-refractivity contribution < 1.29 is 18.0 Å². The predicted molar refractivity (Wildman–Crippen MR) is 165 cm³/mol. The number of nitrogens with one attached hydrogen (secondary N) is 1. The van der Waals surface area contributed by atoms with Gasteiger partial charge in [0.1, 0.15) is 12.6 Å². The molecule has 0 aromatic heterocycles. The first-order chi connectivity index (χ1) is 18.7. The Bertz CT molecular complexity index is 1460. The molecule has 0 heterocycles. The number of carbonyl (C=O) groups is 2. The van der Waals surface area contributed by atoms with Crippen LogP contribution < -0.4 is 9.62 Å². The molecule has 0 fully saturated rings. The van der Waals surface area contributed by atoms with Crippen LogP contribution in [0.3, 0.4) is 0 Å². The van der Waals surface area contributed by atoms with Gasteiger partial charge < -0.3 is 10.2 Å². The molecule has 0 saturated heterocycles. The molecule has 3 aromatic carbocycles. The normalized spacial score (nSPS) is 12.5. The lowest BCUT2D eigenvalue weighted by Gasteiger charge is -2.35. The number of amides is 2. The second-order valence-corrected chi connectivity index (χ2v) is 13.9. The van der Waals surface area contributed by atoms with Crippen LogP contribution in [0.25, 0.3) is 0 Å². The standard InChI is InChI=1S/C30H35BrClN3O4S/c1-21-17-24(15-16-25(21)31)35(40(5,38)39)20-28(36)34(19-23-13-9-10-14-26(23)32)27(29(37)33-30(2,3)4)18-22-11-7-6-8-12-22/h6-17,27H,18-20H2,1-5H3,(H,33,37). The first-order valence-corrected chi connectivity index (χ1v) is 15.8. The summed E-state index contributed by atoms with van der Waals surface area (Å²) < 4.78 is 27.7. The zero-order chi connectivity index (χ0) is 29.7. The average Bonchev–Trinajstić information content (AvgIpc) is 2.86. The van der Waals surface area contributed by atoms with E-state index < -0.39 is 34.1 Å². The molecule has 40 heavy (non-hydrogen) atoms. The summed E-state index contributed by atoms with van der Waals surface area (Å²) in [5.41, 5.74) is 2.12. The SMILES string of the molecule is Cc1cc(N(CC(=O)N(Cc2ccccc2Cl)C(Cc2ccccc2)C(=O)NC(C)(C)C)S(C)(=O)=O)ccc1Br. The Morgan fingerprint density at radius 3 is 2.20 bits per heavy atom. The largest absolute Gasteiger partial charge is 0.350 e. The molecule has 0 radical (unpaired) electrons. The molecule has 0 spiro atoms. The van der Waals surface area contributed by atoms with Crippen molar-refractivity contribution in [2.24, 2.45) is 0 Å². The van der Waals surface area contributed by atoms with Gasteiger partial charge in [-0.2, -0.15) is 0 Å². The maximum atomic E-state index is 14.1. The number of carbonyl (C=O) groups excluding carboxylic acids is 2. The lowest BCUT2D eigenvalue weighted by atomic mass is 10.0. The highest BCUT2D eigenvalue weighted by Gasteiger charge is 2.34. The Balaban J connectivity index is 2.10. The van der Waals surface area contributed by atoms with Crippen molar-refractivity contribution in [1.82, 2.24) is 10.2 Å². The fourth-order valence-corrected chi connectivity index (χ4v) is 5.50. The van der Waals surface area contributed by atoms with E-state index >= 15 is 0 Å². The van der Waals surface area contributed by atoms with Crippen LogP contribution in [0.1, 0.15) is 37.5 Å². The topological polar surface area (TPSA) is 86.8 Å². The van der Waals surface area contributed by atoms with Crippen LogP contribution in [0, 0.1) is 6.92 Å². The molecular formula is C30H35BrClN3O4S. The quantitative estimate of drug-likeness (QED) is 0.304. The summed E-state index contributed by atoms with van der Waals surface area (Å²) in [4.78, 5) is 29.3. The molecule has 0 bridgehead atoms. The molecule has 10 heteroatoms. The number of anilines is 1. The van der Waals surface area contributed by atoms with E-state index in [4.69, 9.17) is 11.6 Å². The van der Waals surface area contributed by atoms with E-state index in [0.29, 0.717) is 16.3 Å². The van der Waals surface area contributed by atoms with Gasteiger partial charge in [-0.25, -0.2) is 8.42 Å². The number of sulfonamides is 1. The van der Waals surface area contributed by atoms with Gasteiger partial charge in [0.05, 0.1) is 11.9 Å². The van der Waals surface area contributed by atoms with Gasteiger partial charge in [-0.15, -0.1) is 0 Å². The van der Waals surface area contributed by atoms with E-state index in [9.17, 15) is 18.0 Å². The molecule has 1 N–H and O–H groups in total. The third-order valence-electron chi connectivity index (χ3n) is 6.18. The fourth-order valence-electron chi connectivity index (χ4n) is 4.21. The highest BCUT2D eigenvalue weighted by atomic mass is 79.9. The minimum absolute atomic E-state index is 0.0184.